The summed E-state index contributed by atoms with van der Waals surface area (Å²) >= 11 is 0. The van der Waals surface area contributed by atoms with Crippen molar-refractivity contribution in [2.45, 2.75) is 25.6 Å². The van der Waals surface area contributed by atoms with Crippen LogP contribution in [-0.2, 0) is 0 Å². The van der Waals surface area contributed by atoms with Gasteiger partial charge in [-0.2, -0.15) is 13.2 Å². The van der Waals surface area contributed by atoms with E-state index in [1.165, 1.54) is 7.11 Å². The molecule has 108 valence electrons. The lowest BCUT2D eigenvalue weighted by Gasteiger charge is -2.18. The molecule has 6 heteroatoms. The van der Waals surface area contributed by atoms with Gasteiger partial charge in [0.15, 0.2) is 0 Å². The molecule has 3 nitrogen and oxygen atoms in total. The Morgan fingerprint density at radius 1 is 1.32 bits per heavy atom. The zero-order chi connectivity index (χ0) is 14.5. The van der Waals surface area contributed by atoms with Gasteiger partial charge in [0.25, 0.3) is 0 Å². The van der Waals surface area contributed by atoms with Gasteiger partial charge in [-0.3, -0.25) is 0 Å². The number of alkyl halides is 3. The van der Waals surface area contributed by atoms with Crippen molar-refractivity contribution in [1.29, 1.82) is 0 Å². The predicted molar refractivity (Wildman–Crippen MR) is 66.6 cm³/mol. The molecule has 1 atom stereocenters. The van der Waals surface area contributed by atoms with Gasteiger partial charge in [0, 0.05) is 17.7 Å². The van der Waals surface area contributed by atoms with Crippen LogP contribution in [0.15, 0.2) is 18.2 Å². The van der Waals surface area contributed by atoms with Crippen molar-refractivity contribution in [2.75, 3.05) is 20.8 Å². The van der Waals surface area contributed by atoms with Gasteiger partial charge in [0.2, 0.25) is 0 Å². The molecule has 0 radical (unpaired) electrons. The minimum Gasteiger partial charge on any atom is -0.497 e. The summed E-state index contributed by atoms with van der Waals surface area (Å²) in [6.07, 6.45) is -5.19. The fourth-order valence-electron chi connectivity index (χ4n) is 1.56. The van der Waals surface area contributed by atoms with Crippen LogP contribution in [0.1, 0.15) is 24.9 Å². The number of ether oxygens (including phenoxy) is 2. The molecule has 0 fully saturated rings. The molecule has 0 spiro atoms. The van der Waals surface area contributed by atoms with Crippen LogP contribution in [0, 0.1) is 0 Å². The summed E-state index contributed by atoms with van der Waals surface area (Å²) in [5.74, 6) is 0.958. The lowest BCUT2D eigenvalue weighted by atomic mass is 10.1. The molecule has 0 saturated heterocycles. The Balaban J connectivity index is 2.83. The molecule has 0 aliphatic heterocycles. The van der Waals surface area contributed by atoms with Crippen molar-refractivity contribution in [3.05, 3.63) is 23.8 Å². The van der Waals surface area contributed by atoms with E-state index in [9.17, 15) is 13.2 Å². The zero-order valence-electron chi connectivity index (χ0n) is 11.2. The molecule has 0 aliphatic rings. The van der Waals surface area contributed by atoms with Crippen LogP contribution in [-0.4, -0.2) is 26.9 Å². The first-order valence-electron chi connectivity index (χ1n) is 5.92. The number of methoxy groups -OCH3 is 1. The number of benzene rings is 1. The Morgan fingerprint density at radius 3 is 2.53 bits per heavy atom. The van der Waals surface area contributed by atoms with Crippen LogP contribution >= 0.6 is 0 Å². The second-order valence-corrected chi connectivity index (χ2v) is 4.13. The predicted octanol–water partition coefficient (Wildman–Crippen LogP) is 3.31. The zero-order valence-corrected chi connectivity index (χ0v) is 11.2. The Bertz CT molecular complexity index is 407. The molecular weight excluding hydrogens is 259 g/mol. The third kappa shape index (κ3) is 4.98. The van der Waals surface area contributed by atoms with E-state index in [1.54, 1.807) is 25.2 Å². The molecule has 1 aromatic carbocycles. The first-order valence-corrected chi connectivity index (χ1v) is 5.92. The molecule has 1 N–H and O–H groups in total. The average Bonchev–Trinajstić information content (AvgIpc) is 2.36. The van der Waals surface area contributed by atoms with Crippen molar-refractivity contribution in [1.82, 2.24) is 5.32 Å². The van der Waals surface area contributed by atoms with E-state index in [-0.39, 0.29) is 6.04 Å². The third-order valence-corrected chi connectivity index (χ3v) is 2.76. The monoisotopic (exact) mass is 277 g/mol. The highest BCUT2D eigenvalue weighted by Crippen LogP contribution is 2.30. The third-order valence-electron chi connectivity index (χ3n) is 2.76. The summed E-state index contributed by atoms with van der Waals surface area (Å²) in [5, 5.41) is 3.02. The van der Waals surface area contributed by atoms with Gasteiger partial charge in [-0.15, -0.1) is 0 Å². The highest BCUT2D eigenvalue weighted by Gasteiger charge is 2.27. The minimum atomic E-state index is -4.21. The van der Waals surface area contributed by atoms with Crippen LogP contribution < -0.4 is 14.8 Å². The van der Waals surface area contributed by atoms with Crippen LogP contribution in [0.2, 0.25) is 0 Å². The Morgan fingerprint density at radius 2 is 2.00 bits per heavy atom. The van der Waals surface area contributed by atoms with Gasteiger partial charge in [0.1, 0.15) is 11.5 Å². The van der Waals surface area contributed by atoms with E-state index in [0.29, 0.717) is 11.5 Å². The molecule has 0 aliphatic carbocycles. The van der Waals surface area contributed by atoms with Crippen LogP contribution in [0.5, 0.6) is 11.5 Å². The van der Waals surface area contributed by atoms with Gasteiger partial charge >= 0.3 is 6.18 Å². The van der Waals surface area contributed by atoms with Crippen LogP contribution in [0.3, 0.4) is 0 Å². The van der Waals surface area contributed by atoms with Crippen molar-refractivity contribution in [3.63, 3.8) is 0 Å². The van der Waals surface area contributed by atoms with E-state index >= 15 is 0 Å². The topological polar surface area (TPSA) is 30.5 Å². The molecule has 1 aromatic rings. The average molecular weight is 277 g/mol. The second kappa shape index (κ2) is 6.65. The van der Waals surface area contributed by atoms with E-state index in [1.807, 2.05) is 6.92 Å². The highest BCUT2D eigenvalue weighted by molar-refractivity contribution is 5.42. The minimum absolute atomic E-state index is 0.0215. The molecular formula is C13H18F3NO2. The number of nitrogens with one attached hydrogen (secondary N) is 1. The van der Waals surface area contributed by atoms with Gasteiger partial charge in [0.05, 0.1) is 20.1 Å². The maximum absolute atomic E-state index is 12.1. The fourth-order valence-corrected chi connectivity index (χ4v) is 1.56. The summed E-state index contributed by atoms with van der Waals surface area (Å²) in [4.78, 5) is 0. The molecule has 1 rings (SSSR count). The summed E-state index contributed by atoms with van der Waals surface area (Å²) in [5.41, 5.74) is 0.797. The van der Waals surface area contributed by atoms with E-state index in [0.717, 1.165) is 5.56 Å². The van der Waals surface area contributed by atoms with Crippen LogP contribution in [0.4, 0.5) is 13.2 Å². The molecule has 0 aromatic heterocycles. The van der Waals surface area contributed by atoms with Crippen molar-refractivity contribution >= 4 is 0 Å². The van der Waals surface area contributed by atoms with Crippen LogP contribution in [0.25, 0.3) is 0 Å². The fraction of sp³-hybridized carbons (Fsp3) is 0.538. The maximum Gasteiger partial charge on any atom is 0.392 e. The molecule has 0 heterocycles. The van der Waals surface area contributed by atoms with Gasteiger partial charge < -0.3 is 14.8 Å². The Labute approximate surface area is 110 Å². The van der Waals surface area contributed by atoms with Crippen molar-refractivity contribution < 1.29 is 22.6 Å². The smallest absolute Gasteiger partial charge is 0.392 e. The maximum atomic E-state index is 12.1. The molecule has 0 bridgehead atoms. The molecule has 1 unspecified atom stereocenters. The first-order chi connectivity index (χ1) is 8.87. The second-order valence-electron chi connectivity index (χ2n) is 4.13. The van der Waals surface area contributed by atoms with Gasteiger partial charge in [-0.25, -0.2) is 0 Å². The van der Waals surface area contributed by atoms with E-state index in [2.05, 4.69) is 5.32 Å². The SMILES string of the molecule is CNC(C)c1ccc(OC)cc1OCCC(F)(F)F. The summed E-state index contributed by atoms with van der Waals surface area (Å²) in [6.45, 7) is 1.50. The van der Waals surface area contributed by atoms with Crippen molar-refractivity contribution in [3.8, 4) is 11.5 Å². The lowest BCUT2D eigenvalue weighted by molar-refractivity contribution is -0.139. The highest BCUT2D eigenvalue weighted by atomic mass is 19.4. The molecule has 0 amide bonds. The number of hydrogen-bond donors (Lipinski definition) is 1. The van der Waals surface area contributed by atoms with Gasteiger partial charge in [-0.05, 0) is 20.0 Å². The summed E-state index contributed by atoms with van der Waals surface area (Å²) in [7, 11) is 3.27. The quantitative estimate of drug-likeness (QED) is 0.865. The lowest BCUT2D eigenvalue weighted by Crippen LogP contribution is -2.16. The van der Waals surface area contributed by atoms with E-state index < -0.39 is 19.2 Å². The standard InChI is InChI=1S/C13H18F3NO2/c1-9(17-2)11-5-4-10(18-3)8-12(11)19-7-6-13(14,15)16/h4-5,8-9,17H,6-7H2,1-3H3. The van der Waals surface area contributed by atoms with Gasteiger partial charge in [-0.1, -0.05) is 6.07 Å². The largest absolute Gasteiger partial charge is 0.497 e. The number of hydrogen-bond acceptors (Lipinski definition) is 3. The van der Waals surface area contributed by atoms with E-state index in [4.69, 9.17) is 9.47 Å². The number of rotatable bonds is 6. The Kier molecular flexibility index (Phi) is 5.47. The molecule has 0 saturated carbocycles. The normalized spacial score (nSPS) is 13.2. The first kappa shape index (κ1) is 15.6. The summed E-state index contributed by atoms with van der Waals surface area (Å²) < 4.78 is 46.6. The Hall–Kier alpha value is -1.43. The number of halogens is 3. The van der Waals surface area contributed by atoms with Crippen molar-refractivity contribution in [2.24, 2.45) is 0 Å². The summed E-state index contributed by atoms with van der Waals surface area (Å²) in [6, 6.07) is 5.11. The molecule has 19 heavy (non-hydrogen) atoms.